The molecule has 1 heteroatoms. The van der Waals surface area contributed by atoms with Crippen LogP contribution in [0.2, 0.25) is 0 Å². The maximum atomic E-state index is 4.16. The van der Waals surface area contributed by atoms with Crippen LogP contribution in [0.1, 0.15) is 46.0 Å². The Morgan fingerprint density at radius 1 is 1.24 bits per heavy atom. The van der Waals surface area contributed by atoms with E-state index >= 15 is 0 Å². The molecule has 17 heavy (non-hydrogen) atoms. The third-order valence-corrected chi connectivity index (χ3v) is 5.89. The van der Waals surface area contributed by atoms with Gasteiger partial charge >= 0.3 is 0 Å². The van der Waals surface area contributed by atoms with E-state index in [-0.39, 0.29) is 32.7 Å². The summed E-state index contributed by atoms with van der Waals surface area (Å²) in [5.41, 5.74) is 0. The molecule has 1 radical (unpaired) electrons. The van der Waals surface area contributed by atoms with Crippen molar-refractivity contribution in [3.05, 3.63) is 13.3 Å². The van der Waals surface area contributed by atoms with Gasteiger partial charge in [0.15, 0.2) is 0 Å². The second-order valence-electron chi connectivity index (χ2n) is 6.62. The molecule has 0 aromatic carbocycles. The van der Waals surface area contributed by atoms with Gasteiger partial charge < -0.3 is 13.3 Å². The van der Waals surface area contributed by atoms with Crippen molar-refractivity contribution in [2.24, 2.45) is 41.4 Å². The number of rotatable bonds is 3. The Hall–Kier alpha value is 1.10. The topological polar surface area (TPSA) is 0 Å². The van der Waals surface area contributed by atoms with E-state index in [0.29, 0.717) is 0 Å². The van der Waals surface area contributed by atoms with Gasteiger partial charge in [-0.2, -0.15) is 11.8 Å². The smallest absolute Gasteiger partial charge is 0 e. The first-order valence-electron chi connectivity index (χ1n) is 7.40. The largest absolute Gasteiger partial charge is 0.345 e. The molecule has 3 aliphatic rings. The molecule has 0 aromatic rings. The van der Waals surface area contributed by atoms with E-state index in [0.717, 1.165) is 47.8 Å². The molecule has 0 saturated heterocycles. The average Bonchev–Trinajstić information content (AvgIpc) is 2.91. The van der Waals surface area contributed by atoms with E-state index in [9.17, 15) is 0 Å². The van der Waals surface area contributed by atoms with Gasteiger partial charge in [0.2, 0.25) is 0 Å². The summed E-state index contributed by atoms with van der Waals surface area (Å²) < 4.78 is 0. The van der Waals surface area contributed by atoms with Crippen molar-refractivity contribution in [2.45, 2.75) is 46.0 Å². The second-order valence-corrected chi connectivity index (χ2v) is 6.62. The minimum Gasteiger partial charge on any atom is -0.345 e. The second kappa shape index (κ2) is 5.62. The van der Waals surface area contributed by atoms with E-state index in [2.05, 4.69) is 27.2 Å². The van der Waals surface area contributed by atoms with Crippen LogP contribution >= 0.6 is 0 Å². The van der Waals surface area contributed by atoms with Crippen LogP contribution in [0.5, 0.6) is 0 Å². The molecule has 0 spiro atoms. The minimum atomic E-state index is 0. The fraction of sp³-hybridized carbons (Fsp3) is 0.875. The Bertz CT molecular complexity index is 262. The van der Waals surface area contributed by atoms with Crippen molar-refractivity contribution in [2.75, 3.05) is 0 Å². The van der Waals surface area contributed by atoms with Crippen LogP contribution in [0.15, 0.2) is 0 Å². The predicted molar refractivity (Wildman–Crippen MR) is 68.5 cm³/mol. The quantitative estimate of drug-likeness (QED) is 0.679. The molecule has 3 aliphatic carbocycles. The first kappa shape index (κ1) is 14.5. The molecular formula is C16H26Y-2. The molecule has 3 saturated carbocycles. The van der Waals surface area contributed by atoms with Crippen LogP contribution in [0.4, 0.5) is 0 Å². The van der Waals surface area contributed by atoms with E-state index in [1.54, 1.807) is 0 Å². The molecule has 95 valence electrons. The summed E-state index contributed by atoms with van der Waals surface area (Å²) >= 11 is 0. The predicted octanol–water partition coefficient (Wildman–Crippen LogP) is 4.37. The molecule has 0 nitrogen and oxygen atoms in total. The zero-order valence-corrected chi connectivity index (χ0v) is 14.3. The number of hydrogen-bond acceptors (Lipinski definition) is 0. The van der Waals surface area contributed by atoms with Crippen LogP contribution in [0, 0.1) is 54.8 Å². The molecule has 7 unspecified atom stereocenters. The molecule has 0 heterocycles. The van der Waals surface area contributed by atoms with Crippen LogP contribution in [-0.4, -0.2) is 0 Å². The SMILES string of the molecule is [CH2-]CC1[CH-]C2CC1C1C(CCC)CC(C)C21.[Y]. The molecule has 2 bridgehead atoms. The minimum absolute atomic E-state index is 0. The summed E-state index contributed by atoms with van der Waals surface area (Å²) in [4.78, 5) is 0. The van der Waals surface area contributed by atoms with E-state index in [1.807, 2.05) is 0 Å². The monoisotopic (exact) mass is 307 g/mol. The Morgan fingerprint density at radius 3 is 2.65 bits per heavy atom. The molecule has 3 rings (SSSR count). The standard InChI is InChI=1S/C16H26.Y/c1-4-6-12-7-10(3)15-13-8-11(5-2)14(9-13)16(12)15;/h8,10-16H,2,4-7,9H2,1,3H3;/q-2;. The van der Waals surface area contributed by atoms with Gasteiger partial charge in [-0.1, -0.05) is 44.9 Å². The molecular weight excluding hydrogens is 281 g/mol. The van der Waals surface area contributed by atoms with E-state index < -0.39 is 0 Å². The maximum Gasteiger partial charge on any atom is 0 e. The Balaban J connectivity index is 0.00000108. The van der Waals surface area contributed by atoms with Gasteiger partial charge in [0.25, 0.3) is 0 Å². The zero-order chi connectivity index (χ0) is 11.3. The average molecular weight is 307 g/mol. The molecule has 3 fully saturated rings. The van der Waals surface area contributed by atoms with Gasteiger partial charge in [-0.25, -0.2) is 6.42 Å². The summed E-state index contributed by atoms with van der Waals surface area (Å²) in [6.45, 7) is 9.03. The molecule has 0 amide bonds. The van der Waals surface area contributed by atoms with Crippen LogP contribution in [0.25, 0.3) is 0 Å². The van der Waals surface area contributed by atoms with E-state index in [1.165, 1.54) is 25.7 Å². The van der Waals surface area contributed by atoms with Gasteiger partial charge in [-0.15, -0.1) is 0 Å². The third kappa shape index (κ3) is 2.20. The summed E-state index contributed by atoms with van der Waals surface area (Å²) in [6.07, 6.45) is 9.74. The van der Waals surface area contributed by atoms with Crippen molar-refractivity contribution in [3.8, 4) is 0 Å². The van der Waals surface area contributed by atoms with Gasteiger partial charge in [-0.3, -0.25) is 0 Å². The van der Waals surface area contributed by atoms with E-state index in [4.69, 9.17) is 0 Å². The van der Waals surface area contributed by atoms with Crippen molar-refractivity contribution >= 4 is 0 Å². The van der Waals surface area contributed by atoms with Gasteiger partial charge in [0, 0.05) is 32.7 Å². The molecule has 7 atom stereocenters. The van der Waals surface area contributed by atoms with Crippen molar-refractivity contribution in [1.82, 2.24) is 0 Å². The summed E-state index contributed by atoms with van der Waals surface area (Å²) in [5, 5.41) is 0. The van der Waals surface area contributed by atoms with Gasteiger partial charge in [-0.05, 0) is 24.2 Å². The Labute approximate surface area is 133 Å². The van der Waals surface area contributed by atoms with Crippen LogP contribution < -0.4 is 0 Å². The van der Waals surface area contributed by atoms with Gasteiger partial charge in [0.05, 0.1) is 0 Å². The van der Waals surface area contributed by atoms with Gasteiger partial charge in [0.1, 0.15) is 0 Å². The summed E-state index contributed by atoms with van der Waals surface area (Å²) in [5.74, 6) is 7.06. The van der Waals surface area contributed by atoms with Crippen molar-refractivity contribution < 1.29 is 32.7 Å². The molecule has 0 aliphatic heterocycles. The normalized spacial score (nSPS) is 51.4. The number of fused-ring (bicyclic) bond motifs is 5. The molecule has 0 N–H and O–H groups in total. The van der Waals surface area contributed by atoms with Crippen molar-refractivity contribution in [3.63, 3.8) is 0 Å². The first-order valence-corrected chi connectivity index (χ1v) is 7.40. The Morgan fingerprint density at radius 2 is 2.00 bits per heavy atom. The Kier molecular flexibility index (Phi) is 4.79. The van der Waals surface area contributed by atoms with Crippen LogP contribution in [0.3, 0.4) is 0 Å². The zero-order valence-electron chi connectivity index (χ0n) is 11.4. The van der Waals surface area contributed by atoms with Crippen LogP contribution in [-0.2, 0) is 32.7 Å². The van der Waals surface area contributed by atoms with Crippen molar-refractivity contribution in [1.29, 1.82) is 0 Å². The first-order chi connectivity index (χ1) is 7.76. The maximum absolute atomic E-state index is 4.16. The number of hydrogen-bond donors (Lipinski definition) is 0. The fourth-order valence-corrected chi connectivity index (χ4v) is 5.58. The summed E-state index contributed by atoms with van der Waals surface area (Å²) in [7, 11) is 0. The fourth-order valence-electron chi connectivity index (χ4n) is 5.58. The molecule has 0 aromatic heterocycles. The summed E-state index contributed by atoms with van der Waals surface area (Å²) in [6, 6.07) is 0. The third-order valence-electron chi connectivity index (χ3n) is 5.89.